The van der Waals surface area contributed by atoms with Crippen LogP contribution >= 0.6 is 12.4 Å². The number of hydrogen-bond acceptors (Lipinski definition) is 6. The fraction of sp³-hybridized carbons (Fsp3) is 0.333. The fourth-order valence-corrected chi connectivity index (χ4v) is 4.23. The summed E-state index contributed by atoms with van der Waals surface area (Å²) in [4.78, 5) is 23.7. The maximum absolute atomic E-state index is 12.6. The maximum Gasteiger partial charge on any atom is 0.422 e. The predicted molar refractivity (Wildman–Crippen MR) is 108 cm³/mol. The predicted octanol–water partition coefficient (Wildman–Crippen LogP) is 2.09. The van der Waals surface area contributed by atoms with Gasteiger partial charge >= 0.3 is 22.3 Å². The Morgan fingerprint density at radius 1 is 1.17 bits per heavy atom. The lowest BCUT2D eigenvalue weighted by Gasteiger charge is -2.22. The number of carbonyl (C=O) groups excluding carboxylic acids is 1. The Bertz CT molecular complexity index is 955. The van der Waals surface area contributed by atoms with Gasteiger partial charge in [0.1, 0.15) is 12.3 Å². The molecule has 158 valence electrons. The minimum atomic E-state index is -4.46. The lowest BCUT2D eigenvalue weighted by molar-refractivity contribution is 0.0686. The average molecular weight is 444 g/mol. The number of benzene rings is 1. The van der Waals surface area contributed by atoms with Crippen LogP contribution in [0.25, 0.3) is 0 Å². The summed E-state index contributed by atoms with van der Waals surface area (Å²) >= 11 is 0. The summed E-state index contributed by atoms with van der Waals surface area (Å²) in [5.74, 6) is -1.43. The van der Waals surface area contributed by atoms with Crippen molar-refractivity contribution in [2.45, 2.75) is 25.4 Å². The zero-order valence-electron chi connectivity index (χ0n) is 15.4. The number of carboxylic acid groups (broad SMARTS) is 1. The number of carboxylic acids is 1. The molecule has 0 aliphatic carbocycles. The summed E-state index contributed by atoms with van der Waals surface area (Å²) in [5, 5.41) is 12.7. The van der Waals surface area contributed by atoms with Crippen LogP contribution in [0.5, 0.6) is 0 Å². The first-order chi connectivity index (χ1) is 13.4. The first-order valence-electron chi connectivity index (χ1n) is 8.78. The van der Waals surface area contributed by atoms with E-state index in [2.05, 4.69) is 5.32 Å². The van der Waals surface area contributed by atoms with Crippen molar-refractivity contribution in [3.8, 4) is 0 Å². The summed E-state index contributed by atoms with van der Waals surface area (Å²) in [6.07, 6.45) is 1.37. The second-order valence-corrected chi connectivity index (χ2v) is 7.96. The van der Waals surface area contributed by atoms with Crippen molar-refractivity contribution in [3.05, 3.63) is 59.4 Å². The molecule has 1 aliphatic rings. The molecule has 3 rings (SSSR count). The number of halogens is 1. The van der Waals surface area contributed by atoms with Crippen LogP contribution in [0.4, 0.5) is 4.79 Å². The van der Waals surface area contributed by atoms with Crippen molar-refractivity contribution >= 4 is 34.7 Å². The highest BCUT2D eigenvalue weighted by molar-refractivity contribution is 7.88. The Morgan fingerprint density at radius 2 is 1.83 bits per heavy atom. The van der Waals surface area contributed by atoms with Crippen LogP contribution < -0.4 is 10.0 Å². The van der Waals surface area contributed by atoms with E-state index in [1.807, 2.05) is 0 Å². The van der Waals surface area contributed by atoms with E-state index in [-0.39, 0.29) is 30.6 Å². The number of nitrogens with zero attached hydrogens (tertiary/aromatic N) is 1. The Hall–Kier alpha value is -2.56. The Labute approximate surface area is 174 Å². The lowest BCUT2D eigenvalue weighted by Crippen LogP contribution is -2.37. The third-order valence-corrected chi connectivity index (χ3v) is 5.80. The molecule has 29 heavy (non-hydrogen) atoms. The van der Waals surface area contributed by atoms with Gasteiger partial charge in [-0.2, -0.15) is 8.42 Å². The highest BCUT2D eigenvalue weighted by atomic mass is 35.5. The Kier molecular flexibility index (Phi) is 7.66. The normalized spacial score (nSPS) is 14.6. The van der Waals surface area contributed by atoms with Crippen molar-refractivity contribution < 1.29 is 27.9 Å². The molecule has 0 unspecified atom stereocenters. The van der Waals surface area contributed by atoms with Gasteiger partial charge in [-0.25, -0.2) is 18.3 Å². The number of nitrogens with one attached hydrogen (secondary N) is 2. The van der Waals surface area contributed by atoms with Crippen molar-refractivity contribution in [2.75, 3.05) is 13.1 Å². The summed E-state index contributed by atoms with van der Waals surface area (Å²) in [6.45, 7) is 1.34. The van der Waals surface area contributed by atoms with Crippen LogP contribution in [0.15, 0.2) is 42.6 Å². The van der Waals surface area contributed by atoms with Crippen LogP contribution in [0.3, 0.4) is 0 Å². The van der Waals surface area contributed by atoms with Gasteiger partial charge in [0.25, 0.3) is 0 Å². The molecule has 2 heterocycles. The molecule has 11 heteroatoms. The molecule has 3 N–H and O–H groups in total. The van der Waals surface area contributed by atoms with E-state index in [1.165, 1.54) is 6.07 Å². The molecular weight excluding hydrogens is 422 g/mol. The van der Waals surface area contributed by atoms with Crippen LogP contribution in [0, 0.1) is 0 Å². The molecule has 1 aromatic heterocycles. The number of carbonyl (C=O) groups is 2. The van der Waals surface area contributed by atoms with Crippen LogP contribution in [-0.2, 0) is 21.6 Å². The Morgan fingerprint density at radius 3 is 2.45 bits per heavy atom. The molecule has 2 aromatic rings. The van der Waals surface area contributed by atoms with Crippen LogP contribution in [0.2, 0.25) is 0 Å². The smallest absolute Gasteiger partial charge is 0.422 e. The Balaban J connectivity index is 0.00000300. The molecule has 0 saturated carbocycles. The lowest BCUT2D eigenvalue weighted by atomic mass is 9.90. The minimum absolute atomic E-state index is 0. The molecule has 0 spiro atoms. The number of piperidine rings is 1. The third kappa shape index (κ3) is 5.49. The van der Waals surface area contributed by atoms with E-state index >= 15 is 0 Å². The summed E-state index contributed by atoms with van der Waals surface area (Å²) in [5.41, 5.74) is 0.766. The van der Waals surface area contributed by atoms with Gasteiger partial charge in [0.2, 0.25) is 0 Å². The number of aromatic nitrogens is 1. The summed E-state index contributed by atoms with van der Waals surface area (Å²) < 4.78 is 32.3. The van der Waals surface area contributed by atoms with Gasteiger partial charge in [-0.1, -0.05) is 30.3 Å². The zero-order valence-corrected chi connectivity index (χ0v) is 17.0. The second kappa shape index (κ2) is 9.77. The number of aromatic carboxylic acids is 1. The van der Waals surface area contributed by atoms with Crippen molar-refractivity contribution in [2.24, 2.45) is 0 Å². The molecule has 1 fully saturated rings. The summed E-state index contributed by atoms with van der Waals surface area (Å²) in [6, 6.07) is 10.2. The molecule has 9 nitrogen and oxygen atoms in total. The number of ether oxygens (including phenoxy) is 1. The van der Waals surface area contributed by atoms with Crippen molar-refractivity contribution in [1.29, 1.82) is 0 Å². The van der Waals surface area contributed by atoms with E-state index in [0.717, 1.165) is 19.3 Å². The van der Waals surface area contributed by atoms with E-state index in [1.54, 1.807) is 35.1 Å². The van der Waals surface area contributed by atoms with Crippen LogP contribution in [0.1, 0.15) is 40.4 Å². The molecule has 1 amide bonds. The van der Waals surface area contributed by atoms with Crippen molar-refractivity contribution in [1.82, 2.24) is 14.0 Å². The quantitative estimate of drug-likeness (QED) is 0.623. The van der Waals surface area contributed by atoms with Gasteiger partial charge in [0, 0.05) is 6.20 Å². The number of amides is 1. The molecule has 0 bridgehead atoms. The minimum Gasteiger partial charge on any atom is -0.477 e. The molecular formula is C18H22ClN3O6S. The van der Waals surface area contributed by atoms with E-state index in [9.17, 15) is 23.1 Å². The fourth-order valence-electron chi connectivity index (χ4n) is 3.22. The third-order valence-electron chi connectivity index (χ3n) is 4.55. The average Bonchev–Trinajstić information content (AvgIpc) is 3.14. The monoisotopic (exact) mass is 443 g/mol. The molecule has 1 aliphatic heterocycles. The highest BCUT2D eigenvalue weighted by Crippen LogP contribution is 2.29. The standard InChI is InChI=1S/C18H21N3O6S.ClH/c22-17(23)16-15(14-6-9-19-10-7-14)8-11-21(16)28(25,26)20-18(24)27-12-13-4-2-1-3-5-13;/h1-5,8,11,14,19H,6-7,9-10,12H2,(H,20,24)(H,22,23);1H. The SMILES string of the molecule is Cl.O=C(NS(=O)(=O)n1ccc(C2CCNCC2)c1C(=O)O)OCc1ccccc1. The van der Waals surface area contributed by atoms with E-state index < -0.39 is 22.3 Å². The second-order valence-electron chi connectivity index (χ2n) is 6.41. The first kappa shape index (κ1) is 22.7. The first-order valence-corrected chi connectivity index (χ1v) is 10.2. The van der Waals surface area contributed by atoms with Gasteiger partial charge in [-0.05, 0) is 49.0 Å². The van der Waals surface area contributed by atoms with Crippen LogP contribution in [-0.4, -0.2) is 42.6 Å². The topological polar surface area (TPSA) is 127 Å². The molecule has 1 saturated heterocycles. The zero-order chi connectivity index (χ0) is 20.1. The maximum atomic E-state index is 12.6. The molecule has 0 atom stereocenters. The van der Waals surface area contributed by atoms with Gasteiger partial charge < -0.3 is 15.2 Å². The summed E-state index contributed by atoms with van der Waals surface area (Å²) in [7, 11) is -4.46. The van der Waals surface area contributed by atoms with Gasteiger partial charge in [-0.3, -0.25) is 0 Å². The molecule has 0 radical (unpaired) electrons. The number of rotatable bonds is 6. The van der Waals surface area contributed by atoms with Crippen molar-refractivity contribution in [3.63, 3.8) is 0 Å². The number of hydrogen-bond donors (Lipinski definition) is 3. The van der Waals surface area contributed by atoms with Gasteiger partial charge in [0.15, 0.2) is 0 Å². The van der Waals surface area contributed by atoms with Gasteiger partial charge in [0.05, 0.1) is 0 Å². The largest absolute Gasteiger partial charge is 0.477 e. The highest BCUT2D eigenvalue weighted by Gasteiger charge is 2.30. The van der Waals surface area contributed by atoms with E-state index in [4.69, 9.17) is 4.74 Å². The van der Waals surface area contributed by atoms with E-state index in [0.29, 0.717) is 27.9 Å². The van der Waals surface area contributed by atoms with Gasteiger partial charge in [-0.15, -0.1) is 12.4 Å². The molecule has 1 aromatic carbocycles.